The third-order valence-corrected chi connectivity index (χ3v) is 15.0. The Bertz CT molecular complexity index is 2180. The summed E-state index contributed by atoms with van der Waals surface area (Å²) < 4.78 is 111. The van der Waals surface area contributed by atoms with Gasteiger partial charge in [-0.1, -0.05) is 116 Å². The van der Waals surface area contributed by atoms with Crippen molar-refractivity contribution in [2.24, 2.45) is 41.4 Å². The van der Waals surface area contributed by atoms with E-state index in [1.165, 1.54) is 0 Å². The van der Waals surface area contributed by atoms with Gasteiger partial charge in [0, 0.05) is 23.7 Å². The summed E-state index contributed by atoms with van der Waals surface area (Å²) in [5.74, 6) is -1.50. The molecule has 0 saturated carbocycles. The Morgan fingerprint density at radius 3 is 1.41 bits per heavy atom. The van der Waals surface area contributed by atoms with Crippen molar-refractivity contribution in [3.05, 3.63) is 71.8 Å². The Kier molecular flexibility index (Phi) is 28.2. The molecule has 0 radical (unpaired) electrons. The Hall–Kier alpha value is -2.86. The first-order valence-electron chi connectivity index (χ1n) is 25.7. The minimum atomic E-state index is -4.92. The maximum atomic E-state index is 12.7. The zero-order chi connectivity index (χ0) is 55.8. The fourth-order valence-corrected chi connectivity index (χ4v) is 10.2. The van der Waals surface area contributed by atoms with Crippen LogP contribution in [-0.2, 0) is 104 Å². The summed E-state index contributed by atoms with van der Waals surface area (Å²) in [4.78, 5) is 45.2. The molecule has 8 unspecified atom stereocenters. The Morgan fingerprint density at radius 2 is 0.961 bits per heavy atom. The monoisotopic (exact) mass is 1100 g/mol. The van der Waals surface area contributed by atoms with Crippen LogP contribution < -0.4 is 29.6 Å². The first-order valence-corrected chi connectivity index (χ1v) is 27.0. The van der Waals surface area contributed by atoms with E-state index in [2.05, 4.69) is 31.9 Å². The molecule has 20 atom stereocenters. The zero-order valence-corrected chi connectivity index (χ0v) is 49.2. The van der Waals surface area contributed by atoms with Crippen LogP contribution in [0.25, 0.3) is 0 Å². The first-order chi connectivity index (χ1) is 35.4. The van der Waals surface area contributed by atoms with Gasteiger partial charge in [-0.25, -0.2) is 13.2 Å². The molecule has 2 aromatic carbocycles. The summed E-state index contributed by atoms with van der Waals surface area (Å²) in [5, 5.41) is 0. The number of rotatable bonds is 19. The quantitative estimate of drug-likeness (QED) is 0.0839. The van der Waals surface area contributed by atoms with Crippen molar-refractivity contribution in [2.75, 3.05) is 13.2 Å². The van der Waals surface area contributed by atoms with E-state index in [0.717, 1.165) is 11.1 Å². The van der Waals surface area contributed by atoms with E-state index in [9.17, 15) is 17.8 Å². The maximum Gasteiger partial charge on any atom is 1.00 e. The van der Waals surface area contributed by atoms with E-state index in [0.29, 0.717) is 19.6 Å². The van der Waals surface area contributed by atoms with E-state index in [1.54, 1.807) is 0 Å². The predicted molar refractivity (Wildman–Crippen MR) is 263 cm³/mol. The molecule has 4 heterocycles. The van der Waals surface area contributed by atoms with Crippen LogP contribution in [0.4, 0.5) is 0 Å². The van der Waals surface area contributed by atoms with E-state index >= 15 is 0 Å². The van der Waals surface area contributed by atoms with Gasteiger partial charge in [-0.05, 0) is 69.9 Å². The van der Waals surface area contributed by atoms with Crippen molar-refractivity contribution in [3.8, 4) is 0 Å². The standard InChI is InChI=1S/C52H80O16S.2CO2.Na/c1-14-40-43(31(4)33(6)50(63-40)67-46-36(9)61-48(59-28-42(53)68-52(11,12)13)34(7)44(46)57-25-38-21-17-15-18-22-38)65-51-35(8)45(58-26-39-23-19-16-20-24-39)47(37(10)62-51)66-49-32(5)29(2)30(3)41(64-49)27-60-69(54,55)56;2*2-1-3;/h15-24,29-37,40-41,43-51H,14,25-28H2,1-13H3,(H,54,55,56);;;/q;;;+1/p-1/t29-,30-,31+,32?,33?,34?,35?,36?,37?,40?,41?,43-,44-,45-,46+,47+,48+,49-,50+,51-;;;/m0.../s1. The van der Waals surface area contributed by atoms with Crippen molar-refractivity contribution in [3.63, 3.8) is 0 Å². The molecule has 4 fully saturated rings. The van der Waals surface area contributed by atoms with Crippen LogP contribution in [0.15, 0.2) is 60.7 Å². The second-order valence-electron chi connectivity index (χ2n) is 21.0. The van der Waals surface area contributed by atoms with Crippen LogP contribution in [-0.4, -0.2) is 130 Å². The number of carbonyl (C=O) groups is 1. The largest absolute Gasteiger partial charge is 1.00 e. The van der Waals surface area contributed by atoms with Crippen LogP contribution >= 0.6 is 0 Å². The van der Waals surface area contributed by atoms with Crippen molar-refractivity contribution in [2.45, 2.75) is 195 Å². The van der Waals surface area contributed by atoms with Gasteiger partial charge in [0.2, 0.25) is 10.4 Å². The summed E-state index contributed by atoms with van der Waals surface area (Å²) in [7, 11) is -4.92. The molecule has 0 aromatic heterocycles. The number of hydrogen-bond acceptors (Lipinski definition) is 20. The van der Waals surface area contributed by atoms with Gasteiger partial charge in [-0.3, -0.25) is 4.18 Å². The van der Waals surface area contributed by atoms with Crippen molar-refractivity contribution in [1.29, 1.82) is 0 Å². The van der Waals surface area contributed by atoms with Gasteiger partial charge in [0.25, 0.3) is 0 Å². The average molecular weight is 1100 g/mol. The van der Waals surface area contributed by atoms with Gasteiger partial charge >= 0.3 is 47.8 Å². The molecule has 0 N–H and O–H groups in total. The van der Waals surface area contributed by atoms with Crippen molar-refractivity contribution in [1.82, 2.24) is 0 Å². The van der Waals surface area contributed by atoms with Crippen molar-refractivity contribution >= 4 is 28.7 Å². The SMILES string of the molecule is CCC1O[C@H](O[C@@H]2C(C)O[C@@H](OCC(=O)OC(C)(C)C)C(C)[C@@H]2OCc2ccccc2)C(C)[C@@H](C)[C@@H]1O[C@@H]1OC(C)[C@@H](O[C@@H]2OC(COS(=O)(=O)[O-])[C@@H](C)[C@H](C)C2C)[C@@H](OCc2ccccc2)C1C.O=C=O.O=C=O.[Na+]. The number of hydrogen-bond donors (Lipinski definition) is 0. The summed E-state index contributed by atoms with van der Waals surface area (Å²) in [6, 6.07) is 19.8. The average Bonchev–Trinajstić information content (AvgIpc) is 3.35. The molecular weight excluding hydrogens is 1020 g/mol. The summed E-state index contributed by atoms with van der Waals surface area (Å²) in [6.07, 6.45) is -6.35. The molecule has 0 amide bonds. The van der Waals surface area contributed by atoms with E-state index in [-0.39, 0.29) is 102 Å². The minimum Gasteiger partial charge on any atom is -0.726 e. The number of esters is 1. The second kappa shape index (κ2) is 31.8. The Labute approximate surface area is 470 Å². The zero-order valence-electron chi connectivity index (χ0n) is 46.4. The number of benzene rings is 2. The molecule has 4 saturated heterocycles. The smallest absolute Gasteiger partial charge is 0.726 e. The van der Waals surface area contributed by atoms with Gasteiger partial charge in [-0.2, -0.15) is 19.2 Å². The maximum absolute atomic E-state index is 12.7. The number of ether oxygens (including phenoxy) is 11. The van der Waals surface area contributed by atoms with Crippen molar-refractivity contribution < 1.29 is 123 Å². The fraction of sp³-hybridized carbons (Fsp3) is 0.722. The molecule has 76 heavy (non-hydrogen) atoms. The molecule has 0 aliphatic carbocycles. The van der Waals surface area contributed by atoms with Gasteiger partial charge in [-0.15, -0.1) is 0 Å². The molecule has 2 aromatic rings. The fourth-order valence-electron chi connectivity index (χ4n) is 9.94. The molecule has 0 bridgehead atoms. The topological polar surface area (TPSA) is 253 Å². The Morgan fingerprint density at radius 1 is 0.553 bits per heavy atom. The van der Waals surface area contributed by atoms with Crippen LogP contribution in [0.5, 0.6) is 0 Å². The van der Waals surface area contributed by atoms with Crippen LogP contribution in [0.1, 0.15) is 108 Å². The van der Waals surface area contributed by atoms with E-state index < -0.39 is 96.5 Å². The van der Waals surface area contributed by atoms with Gasteiger partial charge < -0.3 is 56.7 Å². The van der Waals surface area contributed by atoms with Crippen LogP contribution in [0, 0.1) is 41.4 Å². The summed E-state index contributed by atoms with van der Waals surface area (Å²) in [5.41, 5.74) is 1.34. The van der Waals surface area contributed by atoms with E-state index in [1.807, 2.05) is 123 Å². The van der Waals surface area contributed by atoms with E-state index in [4.69, 9.17) is 71.3 Å². The Balaban J connectivity index is 0.00000207. The third-order valence-electron chi connectivity index (χ3n) is 14.6. The molecule has 22 heteroatoms. The first kappa shape index (κ1) is 67.4. The molecule has 4 aliphatic heterocycles. The third kappa shape index (κ3) is 19.7. The van der Waals surface area contributed by atoms with Gasteiger partial charge in [0.1, 0.15) is 24.4 Å². The molecule has 0 spiro atoms. The predicted octanol–water partition coefficient (Wildman–Crippen LogP) is 3.79. The minimum absolute atomic E-state index is 0. The molecule has 422 valence electrons. The summed E-state index contributed by atoms with van der Waals surface area (Å²) >= 11 is 0. The molecular formula is C54H79NaO20S. The molecule has 4 aliphatic rings. The van der Waals surface area contributed by atoms with Gasteiger partial charge in [0.15, 0.2) is 25.2 Å². The molecule has 6 rings (SSSR count). The van der Waals surface area contributed by atoms with Crippen LogP contribution in [0.2, 0.25) is 0 Å². The number of carbonyl (C=O) groups excluding carboxylic acids is 5. The van der Waals surface area contributed by atoms with Crippen LogP contribution in [0.3, 0.4) is 0 Å². The second-order valence-corrected chi connectivity index (χ2v) is 22.1. The van der Waals surface area contributed by atoms with Gasteiger partial charge in [0.05, 0.1) is 62.5 Å². The normalized spacial score (nSPS) is 35.6. The summed E-state index contributed by atoms with van der Waals surface area (Å²) in [6.45, 7) is 25.6. The molecule has 20 nitrogen and oxygen atoms in total.